The van der Waals surface area contributed by atoms with Crippen LogP contribution < -0.4 is 20.3 Å². The maximum absolute atomic E-state index is 13.4. The molecule has 0 radical (unpaired) electrons. The number of carbonyl (C=O) groups excluding carboxylic acids is 1. The molecule has 0 saturated heterocycles. The van der Waals surface area contributed by atoms with Gasteiger partial charge in [-0.1, -0.05) is 18.2 Å². The molecular formula is C26H33N5O4. The van der Waals surface area contributed by atoms with Crippen molar-refractivity contribution in [3.05, 3.63) is 75.0 Å². The molecule has 0 unspecified atom stereocenters. The first-order valence-corrected chi connectivity index (χ1v) is 11.9. The lowest BCUT2D eigenvalue weighted by Gasteiger charge is -2.18. The van der Waals surface area contributed by atoms with Crippen molar-refractivity contribution in [2.75, 3.05) is 27.3 Å². The second-order valence-corrected chi connectivity index (χ2v) is 8.64. The van der Waals surface area contributed by atoms with Gasteiger partial charge in [0.05, 0.1) is 19.9 Å². The van der Waals surface area contributed by atoms with Gasteiger partial charge >= 0.3 is 0 Å². The van der Waals surface area contributed by atoms with Gasteiger partial charge in [0.1, 0.15) is 17.1 Å². The fraction of sp³-hybridized carbons (Fsp3) is 0.423. The van der Waals surface area contributed by atoms with E-state index in [2.05, 4.69) is 28.4 Å². The Morgan fingerprint density at radius 1 is 1.09 bits per heavy atom. The highest BCUT2D eigenvalue weighted by Gasteiger charge is 2.25. The van der Waals surface area contributed by atoms with Crippen molar-refractivity contribution >= 4 is 5.91 Å². The molecule has 2 aromatic heterocycles. The van der Waals surface area contributed by atoms with Gasteiger partial charge in [-0.15, -0.1) is 0 Å². The molecule has 4 rings (SSSR count). The molecule has 3 aromatic rings. The summed E-state index contributed by atoms with van der Waals surface area (Å²) in [5.41, 5.74) is 4.03. The molecule has 1 amide bonds. The van der Waals surface area contributed by atoms with Crippen molar-refractivity contribution in [1.82, 2.24) is 24.6 Å². The minimum Gasteiger partial charge on any atom is -0.496 e. The Bertz CT molecular complexity index is 1260. The van der Waals surface area contributed by atoms with Crippen molar-refractivity contribution in [2.45, 2.75) is 46.4 Å². The summed E-state index contributed by atoms with van der Waals surface area (Å²) in [7, 11) is 3.09. The Balaban J connectivity index is 1.57. The van der Waals surface area contributed by atoms with Crippen LogP contribution in [0, 0.1) is 6.92 Å². The molecule has 0 saturated carbocycles. The Morgan fingerprint density at radius 2 is 1.86 bits per heavy atom. The summed E-state index contributed by atoms with van der Waals surface area (Å²) in [5.74, 6) is 0.734. The summed E-state index contributed by atoms with van der Waals surface area (Å²) in [5, 5.41) is 7.53. The number of aromatic nitrogens is 3. The largest absolute Gasteiger partial charge is 0.496 e. The van der Waals surface area contributed by atoms with Crippen molar-refractivity contribution in [3.63, 3.8) is 0 Å². The molecule has 1 aromatic carbocycles. The van der Waals surface area contributed by atoms with Crippen LogP contribution in [-0.2, 0) is 32.6 Å². The maximum Gasteiger partial charge on any atom is 0.257 e. The highest BCUT2D eigenvalue weighted by Crippen LogP contribution is 2.24. The van der Waals surface area contributed by atoms with Gasteiger partial charge in [-0.3, -0.25) is 19.2 Å². The number of hydrogen-bond donors (Lipinski definition) is 1. The van der Waals surface area contributed by atoms with E-state index in [0.29, 0.717) is 48.8 Å². The summed E-state index contributed by atoms with van der Waals surface area (Å²) in [6.45, 7) is 7.90. The van der Waals surface area contributed by atoms with Crippen LogP contribution in [0.1, 0.15) is 39.8 Å². The molecule has 9 heteroatoms. The molecule has 0 aliphatic carbocycles. The van der Waals surface area contributed by atoms with E-state index in [1.807, 2.05) is 35.9 Å². The lowest BCUT2D eigenvalue weighted by Crippen LogP contribution is -2.31. The number of nitrogens with zero attached hydrogens (tertiary/aromatic N) is 4. The predicted octanol–water partition coefficient (Wildman–Crippen LogP) is 2.38. The summed E-state index contributed by atoms with van der Waals surface area (Å²) in [6.07, 6.45) is 2.64. The van der Waals surface area contributed by atoms with E-state index >= 15 is 0 Å². The minimum atomic E-state index is -0.273. The third kappa shape index (κ3) is 5.24. The van der Waals surface area contributed by atoms with Crippen LogP contribution in [-0.4, -0.2) is 52.5 Å². The summed E-state index contributed by atoms with van der Waals surface area (Å²) >= 11 is 0. The fourth-order valence-corrected chi connectivity index (χ4v) is 4.59. The maximum atomic E-state index is 13.4. The monoisotopic (exact) mass is 479 g/mol. The van der Waals surface area contributed by atoms with Gasteiger partial charge in [-0.05, 0) is 19.9 Å². The van der Waals surface area contributed by atoms with Gasteiger partial charge in [0.15, 0.2) is 0 Å². The summed E-state index contributed by atoms with van der Waals surface area (Å²) < 4.78 is 14.5. The van der Waals surface area contributed by atoms with Gasteiger partial charge in [-0.25, -0.2) is 0 Å². The van der Waals surface area contributed by atoms with Gasteiger partial charge in [0.2, 0.25) is 0 Å². The smallest absolute Gasteiger partial charge is 0.257 e. The lowest BCUT2D eigenvalue weighted by atomic mass is 10.1. The number of para-hydroxylation sites is 1. The molecule has 0 fully saturated rings. The first-order chi connectivity index (χ1) is 16.9. The van der Waals surface area contributed by atoms with E-state index < -0.39 is 0 Å². The van der Waals surface area contributed by atoms with Crippen LogP contribution in [0.5, 0.6) is 11.5 Å². The Hall–Kier alpha value is -3.59. The molecule has 186 valence electrons. The number of amides is 1. The molecule has 0 bridgehead atoms. The number of rotatable bonds is 8. The van der Waals surface area contributed by atoms with Crippen LogP contribution >= 0.6 is 0 Å². The zero-order valence-corrected chi connectivity index (χ0v) is 20.8. The number of ether oxygens (including phenoxy) is 2. The van der Waals surface area contributed by atoms with Crippen LogP contribution in [0.25, 0.3) is 0 Å². The molecule has 1 aliphatic heterocycles. The number of carbonyl (C=O) groups is 1. The number of nitrogens with one attached hydrogen (secondary N) is 1. The standard InChI is InChI=1S/C26H33N5O4/c1-5-30-17-20(18(2)28-30)16-29-11-10-21-25(23(35-4)14-24(32)31(21)13-12-29)26(33)27-15-19-8-6-7-9-22(19)34-3/h6-9,14,17H,5,10-13,15-16H2,1-4H3,(H,27,33). The fourth-order valence-electron chi connectivity index (χ4n) is 4.59. The Labute approximate surface area is 205 Å². The molecule has 35 heavy (non-hydrogen) atoms. The summed E-state index contributed by atoms with van der Waals surface area (Å²) in [6, 6.07) is 8.96. The molecule has 9 nitrogen and oxygen atoms in total. The lowest BCUT2D eigenvalue weighted by molar-refractivity contribution is 0.0945. The van der Waals surface area contributed by atoms with Crippen molar-refractivity contribution in [3.8, 4) is 11.5 Å². The zero-order chi connectivity index (χ0) is 24.9. The van der Waals surface area contributed by atoms with Crippen LogP contribution in [0.2, 0.25) is 0 Å². The Kier molecular flexibility index (Phi) is 7.55. The molecule has 3 heterocycles. The first-order valence-electron chi connectivity index (χ1n) is 11.9. The van der Waals surface area contributed by atoms with Gasteiger partial charge in [0, 0.05) is 74.8 Å². The minimum absolute atomic E-state index is 0.157. The third-order valence-electron chi connectivity index (χ3n) is 6.53. The summed E-state index contributed by atoms with van der Waals surface area (Å²) in [4.78, 5) is 28.6. The average Bonchev–Trinajstić information content (AvgIpc) is 3.09. The van der Waals surface area contributed by atoms with E-state index in [1.165, 1.54) is 18.7 Å². The highest BCUT2D eigenvalue weighted by atomic mass is 16.5. The Morgan fingerprint density at radius 3 is 2.57 bits per heavy atom. The molecule has 0 atom stereocenters. The number of methoxy groups -OCH3 is 2. The van der Waals surface area contributed by atoms with Crippen molar-refractivity contribution in [1.29, 1.82) is 0 Å². The normalized spacial score (nSPS) is 13.7. The highest BCUT2D eigenvalue weighted by molar-refractivity contribution is 5.98. The second-order valence-electron chi connectivity index (χ2n) is 8.64. The molecular weight excluding hydrogens is 446 g/mol. The third-order valence-corrected chi connectivity index (χ3v) is 6.53. The molecule has 1 aliphatic rings. The predicted molar refractivity (Wildman–Crippen MR) is 133 cm³/mol. The quantitative estimate of drug-likeness (QED) is 0.534. The van der Waals surface area contributed by atoms with Crippen molar-refractivity contribution < 1.29 is 14.3 Å². The number of benzene rings is 1. The number of hydrogen-bond acceptors (Lipinski definition) is 6. The van der Waals surface area contributed by atoms with E-state index in [9.17, 15) is 9.59 Å². The second kappa shape index (κ2) is 10.8. The van der Waals surface area contributed by atoms with Crippen molar-refractivity contribution in [2.24, 2.45) is 0 Å². The van der Waals surface area contributed by atoms with E-state index in [1.54, 1.807) is 11.7 Å². The van der Waals surface area contributed by atoms with Crippen LogP contribution in [0.15, 0.2) is 41.3 Å². The number of fused-ring (bicyclic) bond motifs is 1. The van der Waals surface area contributed by atoms with E-state index in [-0.39, 0.29) is 11.5 Å². The van der Waals surface area contributed by atoms with Gasteiger partial charge < -0.3 is 19.4 Å². The van der Waals surface area contributed by atoms with E-state index in [0.717, 1.165) is 30.9 Å². The SMILES string of the molecule is CCn1cc(CN2CCc3c(C(=O)NCc4ccccc4OC)c(OC)cc(=O)n3CC2)c(C)n1. The first kappa shape index (κ1) is 24.5. The van der Waals surface area contributed by atoms with E-state index in [4.69, 9.17) is 9.47 Å². The zero-order valence-electron chi connectivity index (χ0n) is 20.8. The molecule has 1 N–H and O–H groups in total. The number of aryl methyl sites for hydroxylation is 2. The molecule has 0 spiro atoms. The van der Waals surface area contributed by atoms with Gasteiger partial charge in [-0.2, -0.15) is 5.10 Å². The number of pyridine rings is 1. The van der Waals surface area contributed by atoms with Crippen LogP contribution in [0.3, 0.4) is 0 Å². The topological polar surface area (TPSA) is 90.6 Å². The van der Waals surface area contributed by atoms with Gasteiger partial charge in [0.25, 0.3) is 11.5 Å². The van der Waals surface area contributed by atoms with Crippen LogP contribution in [0.4, 0.5) is 0 Å². The average molecular weight is 480 g/mol.